The number of hydrogen-bond donors (Lipinski definition) is 1. The zero-order valence-corrected chi connectivity index (χ0v) is 11.2. The average Bonchev–Trinajstić information content (AvgIpc) is 2.91. The highest BCUT2D eigenvalue weighted by molar-refractivity contribution is 5.87. The summed E-state index contributed by atoms with van der Waals surface area (Å²) in [5, 5.41) is 1.16. The van der Waals surface area contributed by atoms with Gasteiger partial charge in [0.15, 0.2) is 0 Å². The van der Waals surface area contributed by atoms with Crippen LogP contribution in [0.15, 0.2) is 54.6 Å². The van der Waals surface area contributed by atoms with Gasteiger partial charge in [0, 0.05) is 22.2 Å². The van der Waals surface area contributed by atoms with Gasteiger partial charge in [0.05, 0.1) is 13.5 Å². The highest BCUT2D eigenvalue weighted by Crippen LogP contribution is 2.27. The van der Waals surface area contributed by atoms with Crippen molar-refractivity contribution in [3.8, 4) is 11.3 Å². The number of fused-ring (bicyclic) bond motifs is 1. The topological polar surface area (TPSA) is 42.1 Å². The molecule has 0 radical (unpaired) electrons. The molecule has 3 rings (SSSR count). The van der Waals surface area contributed by atoms with Gasteiger partial charge in [-0.3, -0.25) is 4.79 Å². The first-order chi connectivity index (χ1) is 9.78. The predicted molar refractivity (Wildman–Crippen MR) is 79.5 cm³/mol. The highest BCUT2D eigenvalue weighted by atomic mass is 16.5. The van der Waals surface area contributed by atoms with Gasteiger partial charge in [-0.05, 0) is 17.7 Å². The van der Waals surface area contributed by atoms with Crippen LogP contribution in [0, 0.1) is 0 Å². The van der Waals surface area contributed by atoms with Crippen molar-refractivity contribution in [1.82, 2.24) is 4.98 Å². The number of methoxy groups -OCH3 is 1. The number of hydrogen-bond acceptors (Lipinski definition) is 2. The fourth-order valence-corrected chi connectivity index (χ4v) is 2.38. The number of para-hydroxylation sites is 1. The molecule has 0 saturated carbocycles. The van der Waals surface area contributed by atoms with Gasteiger partial charge in [0.1, 0.15) is 0 Å². The van der Waals surface area contributed by atoms with Crippen LogP contribution in [0.5, 0.6) is 0 Å². The van der Waals surface area contributed by atoms with Gasteiger partial charge in [0.25, 0.3) is 0 Å². The maximum absolute atomic E-state index is 11.5. The minimum atomic E-state index is -0.228. The molecule has 3 heteroatoms. The van der Waals surface area contributed by atoms with E-state index in [0.29, 0.717) is 0 Å². The van der Waals surface area contributed by atoms with E-state index in [-0.39, 0.29) is 12.4 Å². The molecule has 100 valence electrons. The number of aromatic nitrogens is 1. The van der Waals surface area contributed by atoms with E-state index in [2.05, 4.69) is 17.1 Å². The molecule has 0 aliphatic heterocycles. The van der Waals surface area contributed by atoms with Crippen LogP contribution in [0.3, 0.4) is 0 Å². The number of H-pyrrole nitrogens is 1. The molecule has 0 aliphatic carbocycles. The lowest BCUT2D eigenvalue weighted by Crippen LogP contribution is -2.05. The molecule has 0 aliphatic rings. The Morgan fingerprint density at radius 3 is 2.65 bits per heavy atom. The summed E-state index contributed by atoms with van der Waals surface area (Å²) in [5.41, 5.74) is 4.11. The fraction of sp³-hybridized carbons (Fsp3) is 0.118. The second-order valence-electron chi connectivity index (χ2n) is 4.68. The maximum Gasteiger partial charge on any atom is 0.310 e. The van der Waals surface area contributed by atoms with Gasteiger partial charge in [-0.1, -0.05) is 42.5 Å². The predicted octanol–water partition coefficient (Wildman–Crippen LogP) is 3.55. The van der Waals surface area contributed by atoms with Crippen LogP contribution in [0.25, 0.3) is 22.2 Å². The fourth-order valence-electron chi connectivity index (χ4n) is 2.38. The molecule has 3 aromatic rings. The van der Waals surface area contributed by atoms with Crippen LogP contribution >= 0.6 is 0 Å². The maximum atomic E-state index is 11.5. The Morgan fingerprint density at radius 2 is 1.85 bits per heavy atom. The lowest BCUT2D eigenvalue weighted by atomic mass is 10.0. The molecule has 0 spiro atoms. The lowest BCUT2D eigenvalue weighted by Gasteiger charge is -2.06. The number of rotatable bonds is 3. The minimum absolute atomic E-state index is 0.228. The number of aromatic amines is 1. The lowest BCUT2D eigenvalue weighted by molar-refractivity contribution is -0.139. The Labute approximate surface area is 117 Å². The van der Waals surface area contributed by atoms with E-state index in [1.165, 1.54) is 7.11 Å². The van der Waals surface area contributed by atoms with Crippen molar-refractivity contribution in [1.29, 1.82) is 0 Å². The molecule has 0 amide bonds. The second-order valence-corrected chi connectivity index (χ2v) is 4.68. The number of esters is 1. The van der Waals surface area contributed by atoms with Crippen LogP contribution in [-0.4, -0.2) is 18.1 Å². The van der Waals surface area contributed by atoms with Crippen molar-refractivity contribution in [2.75, 3.05) is 7.11 Å². The van der Waals surface area contributed by atoms with Crippen LogP contribution in [-0.2, 0) is 16.0 Å². The summed E-state index contributed by atoms with van der Waals surface area (Å²) in [7, 11) is 1.41. The van der Waals surface area contributed by atoms with Crippen molar-refractivity contribution >= 4 is 16.9 Å². The molecule has 1 heterocycles. The summed E-state index contributed by atoms with van der Waals surface area (Å²) in [6.45, 7) is 0. The normalized spacial score (nSPS) is 10.7. The first-order valence-corrected chi connectivity index (χ1v) is 6.51. The van der Waals surface area contributed by atoms with Gasteiger partial charge in [-0.15, -0.1) is 0 Å². The van der Waals surface area contributed by atoms with E-state index in [4.69, 9.17) is 4.74 Å². The second kappa shape index (κ2) is 5.21. The van der Waals surface area contributed by atoms with E-state index >= 15 is 0 Å². The van der Waals surface area contributed by atoms with Crippen molar-refractivity contribution in [2.45, 2.75) is 6.42 Å². The Kier molecular flexibility index (Phi) is 3.25. The van der Waals surface area contributed by atoms with Crippen molar-refractivity contribution < 1.29 is 9.53 Å². The van der Waals surface area contributed by atoms with Gasteiger partial charge < -0.3 is 9.72 Å². The third-order valence-electron chi connectivity index (χ3n) is 3.40. The Morgan fingerprint density at radius 1 is 1.10 bits per heavy atom. The SMILES string of the molecule is COC(=O)Cc1ccccc1-c1cc2ccccc2[nH]1. The van der Waals surface area contributed by atoms with E-state index in [0.717, 1.165) is 27.7 Å². The van der Waals surface area contributed by atoms with Crippen LogP contribution in [0.1, 0.15) is 5.56 Å². The number of benzene rings is 2. The first-order valence-electron chi connectivity index (χ1n) is 6.51. The van der Waals surface area contributed by atoms with E-state index in [1.54, 1.807) is 0 Å². The van der Waals surface area contributed by atoms with Crippen molar-refractivity contribution in [2.24, 2.45) is 0 Å². The average molecular weight is 265 g/mol. The van der Waals surface area contributed by atoms with E-state index in [9.17, 15) is 4.79 Å². The summed E-state index contributed by atoms with van der Waals surface area (Å²) >= 11 is 0. The van der Waals surface area contributed by atoms with Crippen LogP contribution in [0.4, 0.5) is 0 Å². The quantitative estimate of drug-likeness (QED) is 0.736. The number of ether oxygens (including phenoxy) is 1. The van der Waals surface area contributed by atoms with Crippen LogP contribution in [0.2, 0.25) is 0 Å². The van der Waals surface area contributed by atoms with E-state index in [1.807, 2.05) is 42.5 Å². The monoisotopic (exact) mass is 265 g/mol. The van der Waals surface area contributed by atoms with Gasteiger partial charge in [-0.2, -0.15) is 0 Å². The Hall–Kier alpha value is -2.55. The zero-order valence-electron chi connectivity index (χ0n) is 11.2. The summed E-state index contributed by atoms with van der Waals surface area (Å²) in [5.74, 6) is -0.228. The molecule has 0 saturated heterocycles. The number of nitrogens with one attached hydrogen (secondary N) is 1. The molecular formula is C17H15NO2. The summed E-state index contributed by atoms with van der Waals surface area (Å²) < 4.78 is 4.75. The van der Waals surface area contributed by atoms with Gasteiger partial charge in [0.2, 0.25) is 0 Å². The molecule has 1 N–H and O–H groups in total. The first kappa shape index (κ1) is 12.5. The highest BCUT2D eigenvalue weighted by Gasteiger charge is 2.11. The number of carbonyl (C=O) groups is 1. The molecule has 1 aromatic heterocycles. The summed E-state index contributed by atoms with van der Waals surface area (Å²) in [6.07, 6.45) is 0.280. The van der Waals surface area contributed by atoms with Gasteiger partial charge in [-0.25, -0.2) is 0 Å². The number of carbonyl (C=O) groups excluding carboxylic acids is 1. The zero-order chi connectivity index (χ0) is 13.9. The molecular weight excluding hydrogens is 250 g/mol. The smallest absolute Gasteiger partial charge is 0.310 e. The molecule has 0 bridgehead atoms. The molecule has 3 nitrogen and oxygen atoms in total. The molecule has 2 aromatic carbocycles. The molecule has 20 heavy (non-hydrogen) atoms. The molecule has 0 atom stereocenters. The van der Waals surface area contributed by atoms with Crippen molar-refractivity contribution in [3.63, 3.8) is 0 Å². The Balaban J connectivity index is 2.07. The van der Waals surface area contributed by atoms with E-state index < -0.39 is 0 Å². The summed E-state index contributed by atoms with van der Waals surface area (Å²) in [4.78, 5) is 14.9. The largest absolute Gasteiger partial charge is 0.469 e. The third-order valence-corrected chi connectivity index (χ3v) is 3.40. The van der Waals surface area contributed by atoms with Gasteiger partial charge >= 0.3 is 5.97 Å². The summed E-state index contributed by atoms with van der Waals surface area (Å²) in [6, 6.07) is 18.1. The standard InChI is InChI=1S/C17H15NO2/c1-20-17(19)11-12-6-2-4-8-14(12)16-10-13-7-3-5-9-15(13)18-16/h2-10,18H,11H2,1H3. The van der Waals surface area contributed by atoms with Crippen molar-refractivity contribution in [3.05, 3.63) is 60.2 Å². The molecule has 0 unspecified atom stereocenters. The Bertz CT molecular complexity index is 725. The third kappa shape index (κ3) is 2.30. The van der Waals surface area contributed by atoms with Crippen LogP contribution < -0.4 is 0 Å². The minimum Gasteiger partial charge on any atom is -0.469 e. The molecule has 0 fully saturated rings.